The Labute approximate surface area is 75.3 Å². The highest BCUT2D eigenvalue weighted by atomic mass is 16.6. The molecule has 4 N–H and O–H groups in total. The van der Waals surface area contributed by atoms with Crippen LogP contribution in [-0.4, -0.2) is 35.0 Å². The van der Waals surface area contributed by atoms with Gasteiger partial charge in [-0.25, -0.2) is 0 Å². The molecule has 0 fully saturated rings. The van der Waals surface area contributed by atoms with Crippen LogP contribution in [0.3, 0.4) is 0 Å². The fourth-order valence-corrected chi connectivity index (χ4v) is 0.621. The van der Waals surface area contributed by atoms with E-state index in [4.69, 9.17) is 15.9 Å². The van der Waals surface area contributed by atoms with Gasteiger partial charge in [-0.15, -0.1) is 0 Å². The third-order valence-electron chi connectivity index (χ3n) is 1.22. The number of esters is 1. The maximum atomic E-state index is 10.7. The van der Waals surface area contributed by atoms with E-state index < -0.39 is 18.2 Å². The van der Waals surface area contributed by atoms with Crippen molar-refractivity contribution >= 4 is 11.9 Å². The average molecular weight is 191 g/mol. The molecule has 0 bridgehead atoms. The van der Waals surface area contributed by atoms with E-state index in [1.165, 1.54) is 0 Å². The molecule has 6 heteroatoms. The van der Waals surface area contributed by atoms with Crippen LogP contribution in [-0.2, 0) is 14.3 Å². The van der Waals surface area contributed by atoms with Crippen molar-refractivity contribution < 1.29 is 24.5 Å². The second-order valence-electron chi connectivity index (χ2n) is 2.42. The third-order valence-corrected chi connectivity index (χ3v) is 1.22. The summed E-state index contributed by atoms with van der Waals surface area (Å²) in [7, 11) is 0. The van der Waals surface area contributed by atoms with E-state index in [0.29, 0.717) is 0 Å². The van der Waals surface area contributed by atoms with Crippen LogP contribution in [0.5, 0.6) is 0 Å². The molecule has 6 nitrogen and oxygen atoms in total. The molecule has 0 radical (unpaired) electrons. The number of aliphatic hydroxyl groups is 1. The van der Waals surface area contributed by atoms with Gasteiger partial charge in [0.05, 0.1) is 12.8 Å². The van der Waals surface area contributed by atoms with Crippen molar-refractivity contribution in [1.29, 1.82) is 0 Å². The summed E-state index contributed by atoms with van der Waals surface area (Å²) in [5, 5.41) is 17.1. The molecule has 0 aromatic rings. The van der Waals surface area contributed by atoms with Crippen molar-refractivity contribution in [3.63, 3.8) is 0 Å². The minimum Gasteiger partial charge on any atom is -0.481 e. The van der Waals surface area contributed by atoms with Crippen molar-refractivity contribution in [3.8, 4) is 0 Å². The summed E-state index contributed by atoms with van der Waals surface area (Å²) in [6.07, 6.45) is -1.62. The highest BCUT2D eigenvalue weighted by Crippen LogP contribution is 1.98. The number of carbonyl (C=O) groups is 2. The van der Waals surface area contributed by atoms with Gasteiger partial charge in [0.15, 0.2) is 0 Å². The molecule has 0 heterocycles. The van der Waals surface area contributed by atoms with Crippen LogP contribution in [0.2, 0.25) is 0 Å². The minimum atomic E-state index is -1.23. The fraction of sp³-hybridized carbons (Fsp3) is 0.714. The molecule has 13 heavy (non-hydrogen) atoms. The molecule has 0 saturated heterocycles. The van der Waals surface area contributed by atoms with Crippen LogP contribution in [0, 0.1) is 0 Å². The second-order valence-corrected chi connectivity index (χ2v) is 2.42. The molecule has 0 aromatic heterocycles. The van der Waals surface area contributed by atoms with E-state index in [9.17, 15) is 9.59 Å². The molecular formula is C7H13NO5. The van der Waals surface area contributed by atoms with Gasteiger partial charge in [-0.05, 0) is 6.54 Å². The zero-order valence-corrected chi connectivity index (χ0v) is 7.10. The van der Waals surface area contributed by atoms with Gasteiger partial charge >= 0.3 is 11.9 Å². The van der Waals surface area contributed by atoms with Crippen LogP contribution in [0.4, 0.5) is 0 Å². The SMILES string of the molecule is NCCC(O)OC(=O)CCC(=O)O. The summed E-state index contributed by atoms with van der Waals surface area (Å²) in [5.41, 5.74) is 5.08. The number of carboxylic acids is 1. The first kappa shape index (κ1) is 11.9. The number of aliphatic hydroxyl groups excluding tert-OH is 1. The lowest BCUT2D eigenvalue weighted by atomic mass is 10.3. The Hall–Kier alpha value is -1.14. The van der Waals surface area contributed by atoms with Gasteiger partial charge in [-0.1, -0.05) is 0 Å². The van der Waals surface area contributed by atoms with Crippen LogP contribution >= 0.6 is 0 Å². The first-order valence-corrected chi connectivity index (χ1v) is 3.85. The second kappa shape index (κ2) is 6.38. The Kier molecular flexibility index (Phi) is 5.82. The number of hydrogen-bond acceptors (Lipinski definition) is 5. The number of ether oxygens (including phenoxy) is 1. The highest BCUT2D eigenvalue weighted by molar-refractivity contribution is 5.76. The lowest BCUT2D eigenvalue weighted by Gasteiger charge is -2.09. The minimum absolute atomic E-state index is 0.152. The molecule has 1 unspecified atom stereocenters. The quantitative estimate of drug-likeness (QED) is 0.369. The number of carboxylic acid groups (broad SMARTS) is 1. The highest BCUT2D eigenvalue weighted by Gasteiger charge is 2.11. The van der Waals surface area contributed by atoms with Crippen molar-refractivity contribution in [2.45, 2.75) is 25.6 Å². The maximum absolute atomic E-state index is 10.7. The lowest BCUT2D eigenvalue weighted by Crippen LogP contribution is -2.21. The van der Waals surface area contributed by atoms with Gasteiger partial charge in [0.25, 0.3) is 0 Å². The van der Waals surface area contributed by atoms with E-state index in [2.05, 4.69) is 4.74 Å². The van der Waals surface area contributed by atoms with E-state index in [1.807, 2.05) is 0 Å². The van der Waals surface area contributed by atoms with Crippen LogP contribution in [0.25, 0.3) is 0 Å². The number of carbonyl (C=O) groups excluding carboxylic acids is 1. The smallest absolute Gasteiger partial charge is 0.308 e. The van der Waals surface area contributed by atoms with Gasteiger partial charge in [0, 0.05) is 6.42 Å². The molecule has 0 amide bonds. The maximum Gasteiger partial charge on any atom is 0.308 e. The molecule has 0 aliphatic rings. The number of hydrogen-bond donors (Lipinski definition) is 3. The number of nitrogens with two attached hydrogens (primary N) is 1. The monoisotopic (exact) mass is 191 g/mol. The summed E-state index contributed by atoms with van der Waals surface area (Å²) >= 11 is 0. The van der Waals surface area contributed by atoms with Gasteiger partial charge in [0.2, 0.25) is 6.29 Å². The topological polar surface area (TPSA) is 110 Å². The average Bonchev–Trinajstić information content (AvgIpc) is 2.01. The molecule has 0 aliphatic heterocycles. The van der Waals surface area contributed by atoms with E-state index in [1.54, 1.807) is 0 Å². The third kappa shape index (κ3) is 7.23. The lowest BCUT2D eigenvalue weighted by molar-refractivity contribution is -0.169. The van der Waals surface area contributed by atoms with Gasteiger partial charge < -0.3 is 20.7 Å². The van der Waals surface area contributed by atoms with Crippen molar-refractivity contribution in [3.05, 3.63) is 0 Å². The molecular weight excluding hydrogens is 178 g/mol. The van der Waals surface area contributed by atoms with Gasteiger partial charge in [-0.3, -0.25) is 9.59 Å². The van der Waals surface area contributed by atoms with Crippen molar-refractivity contribution in [1.82, 2.24) is 0 Å². The van der Waals surface area contributed by atoms with Crippen molar-refractivity contribution in [2.24, 2.45) is 5.73 Å². The number of rotatable bonds is 6. The van der Waals surface area contributed by atoms with E-state index in [-0.39, 0.29) is 25.8 Å². The predicted octanol–water partition coefficient (Wildman–Crippen LogP) is -0.938. The van der Waals surface area contributed by atoms with Crippen molar-refractivity contribution in [2.75, 3.05) is 6.54 Å². The standard InChI is InChI=1S/C7H13NO5/c8-4-3-7(12)13-6(11)2-1-5(9)10/h7,12H,1-4,8H2,(H,9,10). The Bertz CT molecular complexity index is 182. The molecule has 0 aromatic carbocycles. The van der Waals surface area contributed by atoms with Crippen LogP contribution < -0.4 is 5.73 Å². The van der Waals surface area contributed by atoms with E-state index in [0.717, 1.165) is 0 Å². The first-order valence-electron chi connectivity index (χ1n) is 3.85. The Morgan fingerprint density at radius 1 is 1.38 bits per heavy atom. The Balaban J connectivity index is 3.55. The summed E-state index contributed by atoms with van der Waals surface area (Å²) in [5.74, 6) is -1.81. The molecule has 0 rings (SSSR count). The molecule has 0 spiro atoms. The number of aliphatic carboxylic acids is 1. The first-order chi connectivity index (χ1) is 6.06. The summed E-state index contributed by atoms with van der Waals surface area (Å²) in [4.78, 5) is 20.8. The zero-order chi connectivity index (χ0) is 10.3. The van der Waals surface area contributed by atoms with Gasteiger partial charge in [0.1, 0.15) is 0 Å². The summed E-state index contributed by atoms with van der Waals surface area (Å²) in [6, 6.07) is 0. The zero-order valence-electron chi connectivity index (χ0n) is 7.10. The Morgan fingerprint density at radius 3 is 2.46 bits per heavy atom. The molecule has 1 atom stereocenters. The largest absolute Gasteiger partial charge is 0.481 e. The van der Waals surface area contributed by atoms with Gasteiger partial charge in [-0.2, -0.15) is 0 Å². The van der Waals surface area contributed by atoms with Crippen LogP contribution in [0.15, 0.2) is 0 Å². The van der Waals surface area contributed by atoms with Crippen LogP contribution in [0.1, 0.15) is 19.3 Å². The molecule has 76 valence electrons. The fourth-order valence-electron chi connectivity index (χ4n) is 0.621. The predicted molar refractivity (Wildman–Crippen MR) is 42.6 cm³/mol. The summed E-state index contributed by atoms with van der Waals surface area (Å²) in [6.45, 7) is 0.202. The summed E-state index contributed by atoms with van der Waals surface area (Å²) < 4.78 is 4.41. The van der Waals surface area contributed by atoms with E-state index >= 15 is 0 Å². The normalized spacial score (nSPS) is 12.2. The molecule has 0 saturated carbocycles. The Morgan fingerprint density at radius 2 is 2.00 bits per heavy atom. The molecule has 0 aliphatic carbocycles.